The molecule has 2 heterocycles. The van der Waals surface area contributed by atoms with E-state index in [1.165, 1.54) is 12.1 Å². The second-order valence-electron chi connectivity index (χ2n) is 6.94. The van der Waals surface area contributed by atoms with Gasteiger partial charge in [0.05, 0.1) is 29.9 Å². The maximum Gasteiger partial charge on any atom is 0.143 e. The molecule has 0 aliphatic heterocycles. The Labute approximate surface area is 172 Å². The van der Waals surface area contributed by atoms with Gasteiger partial charge >= 0.3 is 0 Å². The van der Waals surface area contributed by atoms with Crippen LogP contribution in [0.4, 0.5) is 4.39 Å². The first-order valence-electron chi connectivity index (χ1n) is 9.43. The highest BCUT2D eigenvalue weighted by molar-refractivity contribution is 6.15. The molecule has 0 saturated heterocycles. The van der Waals surface area contributed by atoms with Gasteiger partial charge in [0.1, 0.15) is 17.6 Å². The molecule has 3 aromatic carbocycles. The number of para-hydroxylation sites is 1. The smallest absolute Gasteiger partial charge is 0.143 e. The summed E-state index contributed by atoms with van der Waals surface area (Å²) in [5, 5.41) is 11.2. The lowest BCUT2D eigenvalue weighted by Gasteiger charge is -2.09. The van der Waals surface area contributed by atoms with Crippen molar-refractivity contribution in [3.63, 3.8) is 0 Å². The SMILES string of the molecule is COc1cncc(-c2cccc3c2c2ccccc2n3-c2ccc(C#N)c(F)c2)c1. The molecule has 0 bridgehead atoms. The predicted octanol–water partition coefficient (Wildman–Crippen LogP) is 5.87. The summed E-state index contributed by atoms with van der Waals surface area (Å²) >= 11 is 0. The highest BCUT2D eigenvalue weighted by atomic mass is 19.1. The van der Waals surface area contributed by atoms with Crippen molar-refractivity contribution in [3.05, 3.63) is 90.5 Å². The van der Waals surface area contributed by atoms with Crippen LogP contribution in [-0.4, -0.2) is 16.7 Å². The zero-order chi connectivity index (χ0) is 20.7. The lowest BCUT2D eigenvalue weighted by Crippen LogP contribution is -1.96. The Hall–Kier alpha value is -4.17. The summed E-state index contributed by atoms with van der Waals surface area (Å²) in [6, 6.07) is 22.6. The van der Waals surface area contributed by atoms with E-state index in [4.69, 9.17) is 10.00 Å². The molecule has 0 atom stereocenters. The lowest BCUT2D eigenvalue weighted by atomic mass is 10.0. The van der Waals surface area contributed by atoms with Crippen molar-refractivity contribution >= 4 is 21.8 Å². The number of fused-ring (bicyclic) bond motifs is 3. The number of aromatic nitrogens is 2. The van der Waals surface area contributed by atoms with Crippen LogP contribution in [0.3, 0.4) is 0 Å². The van der Waals surface area contributed by atoms with Crippen molar-refractivity contribution in [2.45, 2.75) is 0 Å². The van der Waals surface area contributed by atoms with Crippen LogP contribution in [0, 0.1) is 17.1 Å². The normalized spacial score (nSPS) is 11.0. The third-order valence-corrected chi connectivity index (χ3v) is 5.29. The number of nitrogens with zero attached hydrogens (tertiary/aromatic N) is 3. The van der Waals surface area contributed by atoms with Crippen molar-refractivity contribution < 1.29 is 9.13 Å². The standard InChI is InChI=1S/C25H16FN3O/c1-30-19-11-17(14-28-15-19)20-6-4-8-24-25(20)21-5-2-3-7-23(21)29(24)18-10-9-16(13-27)22(26)12-18/h2-12,14-15H,1H3. The summed E-state index contributed by atoms with van der Waals surface area (Å²) in [5.74, 6) is 0.150. The van der Waals surface area contributed by atoms with Gasteiger partial charge in [0.25, 0.3) is 0 Å². The van der Waals surface area contributed by atoms with Gasteiger partial charge in [-0.25, -0.2) is 4.39 Å². The monoisotopic (exact) mass is 393 g/mol. The Bertz CT molecular complexity index is 1460. The van der Waals surface area contributed by atoms with Gasteiger partial charge in [-0.1, -0.05) is 30.3 Å². The van der Waals surface area contributed by atoms with Crippen LogP contribution in [-0.2, 0) is 0 Å². The molecule has 0 amide bonds. The number of pyridine rings is 1. The number of nitriles is 1. The summed E-state index contributed by atoms with van der Waals surface area (Å²) in [6.07, 6.45) is 3.48. The molecule has 0 aliphatic rings. The minimum atomic E-state index is -0.533. The summed E-state index contributed by atoms with van der Waals surface area (Å²) in [7, 11) is 1.62. The fraction of sp³-hybridized carbons (Fsp3) is 0.0400. The van der Waals surface area contributed by atoms with Crippen molar-refractivity contribution in [3.8, 4) is 28.6 Å². The molecule has 30 heavy (non-hydrogen) atoms. The molecule has 5 rings (SSSR count). The number of ether oxygens (including phenoxy) is 1. The third-order valence-electron chi connectivity index (χ3n) is 5.29. The van der Waals surface area contributed by atoms with E-state index in [-0.39, 0.29) is 5.56 Å². The van der Waals surface area contributed by atoms with Crippen LogP contribution in [0.2, 0.25) is 0 Å². The van der Waals surface area contributed by atoms with E-state index in [1.807, 2.05) is 53.2 Å². The van der Waals surface area contributed by atoms with E-state index >= 15 is 0 Å². The molecule has 4 nitrogen and oxygen atoms in total. The molecule has 2 aromatic heterocycles. The van der Waals surface area contributed by atoms with Crippen molar-refractivity contribution in [2.75, 3.05) is 7.11 Å². The van der Waals surface area contributed by atoms with Gasteiger partial charge in [0, 0.05) is 28.2 Å². The second kappa shape index (κ2) is 7.02. The number of rotatable bonds is 3. The van der Waals surface area contributed by atoms with Gasteiger partial charge in [-0.3, -0.25) is 4.98 Å². The van der Waals surface area contributed by atoms with Crippen molar-refractivity contribution in [2.24, 2.45) is 0 Å². The zero-order valence-corrected chi connectivity index (χ0v) is 16.1. The molecule has 144 valence electrons. The molecule has 0 unspecified atom stereocenters. The van der Waals surface area contributed by atoms with Gasteiger partial charge < -0.3 is 9.30 Å². The van der Waals surface area contributed by atoms with E-state index in [0.29, 0.717) is 11.4 Å². The third kappa shape index (κ3) is 2.70. The minimum absolute atomic E-state index is 0.0302. The lowest BCUT2D eigenvalue weighted by molar-refractivity contribution is 0.413. The molecular formula is C25H16FN3O. The summed E-state index contributed by atoms with van der Waals surface area (Å²) in [4.78, 5) is 4.30. The van der Waals surface area contributed by atoms with Gasteiger partial charge in [-0.15, -0.1) is 0 Å². The molecule has 0 N–H and O–H groups in total. The Morgan fingerprint density at radius 3 is 2.60 bits per heavy atom. The highest BCUT2D eigenvalue weighted by Crippen LogP contribution is 2.38. The topological polar surface area (TPSA) is 50.8 Å². The predicted molar refractivity (Wildman–Crippen MR) is 115 cm³/mol. The largest absolute Gasteiger partial charge is 0.495 e. The van der Waals surface area contributed by atoms with E-state index in [0.717, 1.165) is 32.9 Å². The first kappa shape index (κ1) is 17.9. The van der Waals surface area contributed by atoms with Gasteiger partial charge in [0.15, 0.2) is 0 Å². The molecular weight excluding hydrogens is 377 g/mol. The van der Waals surface area contributed by atoms with Gasteiger partial charge in [-0.2, -0.15) is 5.26 Å². The van der Waals surface area contributed by atoms with Crippen LogP contribution in [0.1, 0.15) is 5.56 Å². The number of halogens is 1. The van der Waals surface area contributed by atoms with Crippen molar-refractivity contribution in [1.82, 2.24) is 9.55 Å². The average molecular weight is 393 g/mol. The fourth-order valence-corrected chi connectivity index (χ4v) is 3.95. The van der Waals surface area contributed by atoms with Gasteiger partial charge in [-0.05, 0) is 42.0 Å². The first-order chi connectivity index (χ1) is 14.7. The Morgan fingerprint density at radius 1 is 0.967 bits per heavy atom. The summed E-state index contributed by atoms with van der Waals surface area (Å²) < 4.78 is 21.8. The minimum Gasteiger partial charge on any atom is -0.495 e. The zero-order valence-electron chi connectivity index (χ0n) is 16.1. The average Bonchev–Trinajstić information content (AvgIpc) is 3.13. The van der Waals surface area contributed by atoms with Gasteiger partial charge in [0.2, 0.25) is 0 Å². The second-order valence-corrected chi connectivity index (χ2v) is 6.94. The van der Waals surface area contributed by atoms with Crippen LogP contribution in [0.15, 0.2) is 79.1 Å². The molecule has 5 aromatic rings. The number of hydrogen-bond donors (Lipinski definition) is 0. The Kier molecular flexibility index (Phi) is 4.19. The molecule has 5 heteroatoms. The van der Waals surface area contributed by atoms with Crippen LogP contribution < -0.4 is 4.74 Å². The van der Waals surface area contributed by atoms with Crippen LogP contribution >= 0.6 is 0 Å². The Morgan fingerprint density at radius 2 is 1.80 bits per heavy atom. The van der Waals surface area contributed by atoms with Crippen molar-refractivity contribution in [1.29, 1.82) is 5.26 Å². The van der Waals surface area contributed by atoms with Crippen LogP contribution in [0.25, 0.3) is 38.6 Å². The van der Waals surface area contributed by atoms with Crippen LogP contribution in [0.5, 0.6) is 5.75 Å². The fourth-order valence-electron chi connectivity index (χ4n) is 3.95. The molecule has 0 spiro atoms. The van der Waals surface area contributed by atoms with E-state index < -0.39 is 5.82 Å². The quantitative estimate of drug-likeness (QED) is 0.385. The first-order valence-corrected chi connectivity index (χ1v) is 9.43. The summed E-state index contributed by atoms with van der Waals surface area (Å²) in [5.41, 5.74) is 4.55. The molecule has 0 saturated carbocycles. The highest BCUT2D eigenvalue weighted by Gasteiger charge is 2.17. The number of methoxy groups -OCH3 is 1. The molecule has 0 radical (unpaired) electrons. The Balaban J connectivity index is 1.87. The maximum absolute atomic E-state index is 14.4. The van der Waals surface area contributed by atoms with E-state index in [2.05, 4.69) is 17.1 Å². The summed E-state index contributed by atoms with van der Waals surface area (Å²) in [6.45, 7) is 0. The number of hydrogen-bond acceptors (Lipinski definition) is 3. The maximum atomic E-state index is 14.4. The number of benzene rings is 3. The molecule has 0 fully saturated rings. The van der Waals surface area contributed by atoms with E-state index in [1.54, 1.807) is 19.4 Å². The van der Waals surface area contributed by atoms with E-state index in [9.17, 15) is 4.39 Å². The molecule has 0 aliphatic carbocycles.